The van der Waals surface area contributed by atoms with E-state index in [1.54, 1.807) is 62.4 Å². The molecule has 0 aromatic heterocycles. The molecule has 2 aromatic rings. The zero-order valence-electron chi connectivity index (χ0n) is 19.1. The average Bonchev–Trinajstić information content (AvgIpc) is 2.81. The lowest BCUT2D eigenvalue weighted by molar-refractivity contribution is 0.0720. The summed E-state index contributed by atoms with van der Waals surface area (Å²) >= 11 is 0. The maximum atomic E-state index is 11.4. The Morgan fingerprint density at radius 3 is 1.34 bits per heavy atom. The van der Waals surface area contributed by atoms with Crippen LogP contribution in [0.1, 0.15) is 60.2 Å². The van der Waals surface area contributed by atoms with Crippen molar-refractivity contribution in [2.45, 2.75) is 51.6 Å². The smallest absolute Gasteiger partial charge is 0.159 e. The van der Waals surface area contributed by atoms with E-state index >= 15 is 0 Å². The predicted molar refractivity (Wildman–Crippen MR) is 123 cm³/mol. The summed E-state index contributed by atoms with van der Waals surface area (Å²) in [6.07, 6.45) is 4.25. The van der Waals surface area contributed by atoms with Gasteiger partial charge in [-0.15, -0.1) is 10.2 Å². The lowest BCUT2D eigenvalue weighted by atomic mass is 9.90. The second kappa shape index (κ2) is 10.7. The van der Waals surface area contributed by atoms with E-state index in [-0.39, 0.29) is 23.7 Å². The van der Waals surface area contributed by atoms with Gasteiger partial charge in [0.05, 0.1) is 23.5 Å². The van der Waals surface area contributed by atoms with E-state index in [4.69, 9.17) is 0 Å². The zero-order valence-corrected chi connectivity index (χ0v) is 19.1. The van der Waals surface area contributed by atoms with Gasteiger partial charge in [-0.2, -0.15) is 0 Å². The van der Waals surface area contributed by atoms with Gasteiger partial charge in [0.1, 0.15) is 0 Å². The summed E-state index contributed by atoms with van der Waals surface area (Å²) in [5, 5.41) is 21.3. The molecule has 168 valence electrons. The van der Waals surface area contributed by atoms with Crippen molar-refractivity contribution in [3.8, 4) is 0 Å². The largest absolute Gasteiger partial charge is 0.295 e. The minimum Gasteiger partial charge on any atom is -0.295 e. The van der Waals surface area contributed by atoms with Crippen LogP contribution in [0.4, 0.5) is 11.4 Å². The van der Waals surface area contributed by atoms with Gasteiger partial charge in [0.2, 0.25) is 0 Å². The third kappa shape index (κ3) is 6.06. The lowest BCUT2D eigenvalue weighted by Gasteiger charge is -2.38. The average molecular weight is 435 g/mol. The Hall–Kier alpha value is -3.42. The summed E-state index contributed by atoms with van der Waals surface area (Å²) in [4.78, 5) is 22.8. The van der Waals surface area contributed by atoms with Gasteiger partial charge in [0.25, 0.3) is 0 Å². The van der Waals surface area contributed by atoms with Crippen LogP contribution in [0.5, 0.6) is 0 Å². The minimum absolute atomic E-state index is 0.0302. The summed E-state index contributed by atoms with van der Waals surface area (Å²) in [6.45, 7) is 3.09. The lowest BCUT2D eigenvalue weighted by Crippen LogP contribution is -2.47. The highest BCUT2D eigenvalue weighted by Crippen LogP contribution is 2.28. The Labute approximate surface area is 189 Å². The van der Waals surface area contributed by atoms with Crippen LogP contribution < -0.4 is 0 Å². The third-order valence-corrected chi connectivity index (χ3v) is 5.80. The molecule has 8 nitrogen and oxygen atoms in total. The van der Waals surface area contributed by atoms with E-state index in [2.05, 4.69) is 20.7 Å². The van der Waals surface area contributed by atoms with Gasteiger partial charge in [0.15, 0.2) is 11.6 Å². The Balaban J connectivity index is 1.65. The van der Waals surface area contributed by atoms with E-state index in [1.165, 1.54) is 0 Å². The molecule has 0 saturated heterocycles. The molecule has 0 heterocycles. The monoisotopic (exact) mass is 434 g/mol. The number of likely N-dealkylation sites (N-methyl/N-ethyl adjacent to an activating group) is 2. The molecule has 32 heavy (non-hydrogen) atoms. The molecule has 2 aromatic carbocycles. The number of benzene rings is 2. The SMILES string of the molecule is CC(=O)c1ccc(N=NN(C)C2CCCCC2N(C)N=Nc2ccc(C(C)=O)cc2)cc1. The maximum Gasteiger partial charge on any atom is 0.159 e. The molecule has 8 heteroatoms. The highest BCUT2D eigenvalue weighted by atomic mass is 16.1. The summed E-state index contributed by atoms with van der Waals surface area (Å²) in [5.41, 5.74) is 2.73. The number of hydrogen-bond donors (Lipinski definition) is 0. The van der Waals surface area contributed by atoms with E-state index in [0.29, 0.717) is 22.5 Å². The Morgan fingerprint density at radius 1 is 0.688 bits per heavy atom. The normalized spacial score (nSPS) is 18.8. The van der Waals surface area contributed by atoms with Crippen molar-refractivity contribution in [3.05, 3.63) is 59.7 Å². The van der Waals surface area contributed by atoms with Crippen molar-refractivity contribution in [1.82, 2.24) is 10.0 Å². The molecule has 2 unspecified atom stereocenters. The maximum absolute atomic E-state index is 11.4. The summed E-state index contributed by atoms with van der Waals surface area (Å²) < 4.78 is 0. The first kappa shape index (κ1) is 23.2. The van der Waals surface area contributed by atoms with Gasteiger partial charge in [0, 0.05) is 25.2 Å². The first-order valence-corrected chi connectivity index (χ1v) is 10.9. The van der Waals surface area contributed by atoms with Gasteiger partial charge in [-0.3, -0.25) is 19.6 Å². The molecule has 1 aliphatic carbocycles. The number of ketones is 2. The van der Waals surface area contributed by atoms with Crippen LogP contribution >= 0.6 is 0 Å². The first-order valence-electron chi connectivity index (χ1n) is 10.9. The fourth-order valence-electron chi connectivity index (χ4n) is 3.87. The zero-order chi connectivity index (χ0) is 23.1. The molecule has 2 atom stereocenters. The van der Waals surface area contributed by atoms with Crippen LogP contribution in [0.25, 0.3) is 0 Å². The van der Waals surface area contributed by atoms with Gasteiger partial charge < -0.3 is 0 Å². The van der Waals surface area contributed by atoms with E-state index < -0.39 is 0 Å². The van der Waals surface area contributed by atoms with Crippen LogP contribution in [0.3, 0.4) is 0 Å². The fourth-order valence-corrected chi connectivity index (χ4v) is 3.87. The van der Waals surface area contributed by atoms with Crippen molar-refractivity contribution in [2.24, 2.45) is 20.7 Å². The second-order valence-corrected chi connectivity index (χ2v) is 8.15. The van der Waals surface area contributed by atoms with Crippen molar-refractivity contribution in [3.63, 3.8) is 0 Å². The molecule has 0 spiro atoms. The Bertz CT molecular complexity index is 903. The van der Waals surface area contributed by atoms with Crippen LogP contribution in [0.2, 0.25) is 0 Å². The van der Waals surface area contributed by atoms with Crippen LogP contribution in [0.15, 0.2) is 69.2 Å². The van der Waals surface area contributed by atoms with E-state index in [1.807, 2.05) is 24.1 Å². The van der Waals surface area contributed by atoms with Gasteiger partial charge in [-0.25, -0.2) is 0 Å². The molecule has 3 rings (SSSR count). The van der Waals surface area contributed by atoms with Crippen LogP contribution in [-0.4, -0.2) is 47.8 Å². The highest BCUT2D eigenvalue weighted by molar-refractivity contribution is 5.94. The van der Waals surface area contributed by atoms with Gasteiger partial charge in [-0.1, -0.05) is 23.3 Å². The van der Waals surface area contributed by atoms with Crippen molar-refractivity contribution < 1.29 is 9.59 Å². The van der Waals surface area contributed by atoms with Crippen molar-refractivity contribution in [2.75, 3.05) is 14.1 Å². The minimum atomic E-state index is 0.0302. The van der Waals surface area contributed by atoms with E-state index in [0.717, 1.165) is 25.7 Å². The standard InChI is InChI=1S/C24H30N6O2/c1-17(31)19-9-13-21(14-10-19)25-27-29(3)23-7-5-6-8-24(23)30(4)28-26-22-15-11-20(12-16-22)18(2)32/h9-16,23-24H,5-8H2,1-4H3. The van der Waals surface area contributed by atoms with Crippen molar-refractivity contribution in [1.29, 1.82) is 0 Å². The second-order valence-electron chi connectivity index (χ2n) is 8.15. The van der Waals surface area contributed by atoms with Gasteiger partial charge in [-0.05, 0) is 75.2 Å². The van der Waals surface area contributed by atoms with Crippen LogP contribution in [0, 0.1) is 0 Å². The number of Topliss-reactive ketones (excluding diaryl/α,β-unsaturated/α-hetero) is 2. The molecule has 0 amide bonds. The summed E-state index contributed by atoms with van der Waals surface area (Å²) in [5.74, 6) is 0.0605. The predicted octanol–water partition coefficient (Wildman–Crippen LogP) is 5.96. The topological polar surface area (TPSA) is 90.1 Å². The molecule has 0 bridgehead atoms. The number of rotatable bonds is 8. The number of carbonyl (C=O) groups excluding carboxylic acids is 2. The Morgan fingerprint density at radius 2 is 1.03 bits per heavy atom. The summed E-state index contributed by atoms with van der Waals surface area (Å²) in [6, 6.07) is 14.5. The number of carbonyl (C=O) groups is 2. The molecule has 1 aliphatic rings. The molecule has 1 fully saturated rings. The fraction of sp³-hybridized carbons (Fsp3) is 0.417. The third-order valence-electron chi connectivity index (χ3n) is 5.80. The van der Waals surface area contributed by atoms with Gasteiger partial charge >= 0.3 is 0 Å². The van der Waals surface area contributed by atoms with E-state index in [9.17, 15) is 9.59 Å². The molecule has 0 aliphatic heterocycles. The molecular weight excluding hydrogens is 404 g/mol. The number of hydrogen-bond acceptors (Lipinski definition) is 6. The molecule has 1 saturated carbocycles. The Kier molecular flexibility index (Phi) is 7.81. The van der Waals surface area contributed by atoms with Crippen LogP contribution in [-0.2, 0) is 0 Å². The molecular formula is C24H30N6O2. The molecule has 0 radical (unpaired) electrons. The quantitative estimate of drug-likeness (QED) is 0.291. The van der Waals surface area contributed by atoms with Crippen molar-refractivity contribution >= 4 is 22.9 Å². The number of nitrogens with zero attached hydrogens (tertiary/aromatic N) is 6. The molecule has 0 N–H and O–H groups in total. The highest BCUT2D eigenvalue weighted by Gasteiger charge is 2.31. The first-order chi connectivity index (χ1) is 15.3. The summed E-state index contributed by atoms with van der Waals surface area (Å²) in [7, 11) is 3.86.